The monoisotopic (exact) mass is 276 g/mol. The largest absolute Gasteiger partial charge is 0.491 e. The molecule has 1 aromatic carbocycles. The number of amides is 1. The van der Waals surface area contributed by atoms with Gasteiger partial charge in [-0.05, 0) is 41.4 Å². The van der Waals surface area contributed by atoms with E-state index in [1.54, 1.807) is 29.5 Å². The van der Waals surface area contributed by atoms with Crippen LogP contribution in [-0.2, 0) is 6.54 Å². The summed E-state index contributed by atoms with van der Waals surface area (Å²) in [6.07, 6.45) is 0. The molecule has 0 aliphatic rings. The molecule has 1 heterocycles. The summed E-state index contributed by atoms with van der Waals surface area (Å²) in [5.41, 5.74) is 7.86. The summed E-state index contributed by atoms with van der Waals surface area (Å²) in [6.45, 7) is 2.83. The Balaban J connectivity index is 2.12. The van der Waals surface area contributed by atoms with Gasteiger partial charge in [-0.2, -0.15) is 11.3 Å². The van der Waals surface area contributed by atoms with Crippen molar-refractivity contribution in [2.45, 2.75) is 13.5 Å². The fraction of sp³-hybridized carbons (Fsp3) is 0.214. The van der Waals surface area contributed by atoms with Gasteiger partial charge in [-0.15, -0.1) is 0 Å². The average Bonchev–Trinajstić information content (AvgIpc) is 2.92. The Morgan fingerprint density at radius 2 is 2.26 bits per heavy atom. The van der Waals surface area contributed by atoms with Crippen molar-refractivity contribution in [3.05, 3.63) is 46.2 Å². The molecule has 0 atom stereocenters. The van der Waals surface area contributed by atoms with Crippen LogP contribution in [0, 0.1) is 0 Å². The van der Waals surface area contributed by atoms with E-state index in [1.807, 2.05) is 23.8 Å². The molecule has 0 aliphatic carbocycles. The maximum absolute atomic E-state index is 12.1. The fourth-order valence-electron chi connectivity index (χ4n) is 1.71. The number of carbonyl (C=O) groups excluding carboxylic acids is 1. The Bertz CT molecular complexity index is 553. The Labute approximate surface area is 116 Å². The molecule has 1 amide bonds. The topological polar surface area (TPSA) is 64.3 Å². The maximum Gasteiger partial charge on any atom is 0.255 e. The van der Waals surface area contributed by atoms with Crippen LogP contribution in [0.5, 0.6) is 5.75 Å². The summed E-state index contributed by atoms with van der Waals surface area (Å²) in [7, 11) is 0. The van der Waals surface area contributed by atoms with Crippen LogP contribution < -0.4 is 15.8 Å². The van der Waals surface area contributed by atoms with Gasteiger partial charge in [-0.1, -0.05) is 6.07 Å². The molecule has 2 rings (SSSR count). The summed E-state index contributed by atoms with van der Waals surface area (Å²) >= 11 is 1.60. The maximum atomic E-state index is 12.1. The second kappa shape index (κ2) is 6.24. The first-order chi connectivity index (χ1) is 9.22. The fourth-order valence-corrected chi connectivity index (χ4v) is 2.38. The normalized spacial score (nSPS) is 10.2. The number of hydrogen-bond donors (Lipinski definition) is 2. The van der Waals surface area contributed by atoms with Crippen LogP contribution in [0.3, 0.4) is 0 Å². The lowest BCUT2D eigenvalue weighted by molar-refractivity contribution is 0.0947. The number of benzene rings is 1. The highest BCUT2D eigenvalue weighted by molar-refractivity contribution is 7.07. The van der Waals surface area contributed by atoms with Crippen LogP contribution in [0.25, 0.3) is 0 Å². The Kier molecular flexibility index (Phi) is 4.41. The highest BCUT2D eigenvalue weighted by atomic mass is 32.1. The number of nitrogens with one attached hydrogen (secondary N) is 1. The molecule has 0 radical (unpaired) electrons. The first kappa shape index (κ1) is 13.4. The van der Waals surface area contributed by atoms with Gasteiger partial charge in [0.15, 0.2) is 5.75 Å². The number of ether oxygens (including phenoxy) is 1. The van der Waals surface area contributed by atoms with E-state index in [9.17, 15) is 4.79 Å². The van der Waals surface area contributed by atoms with Gasteiger partial charge >= 0.3 is 0 Å². The average molecular weight is 276 g/mol. The predicted molar refractivity (Wildman–Crippen MR) is 77.5 cm³/mol. The quantitative estimate of drug-likeness (QED) is 0.825. The molecule has 4 nitrogen and oxygen atoms in total. The van der Waals surface area contributed by atoms with Crippen LogP contribution in [0.2, 0.25) is 0 Å². The van der Waals surface area contributed by atoms with Crippen molar-refractivity contribution in [2.75, 3.05) is 12.3 Å². The van der Waals surface area contributed by atoms with Crippen LogP contribution in [-0.4, -0.2) is 12.5 Å². The van der Waals surface area contributed by atoms with Gasteiger partial charge < -0.3 is 15.8 Å². The van der Waals surface area contributed by atoms with E-state index in [4.69, 9.17) is 10.5 Å². The van der Waals surface area contributed by atoms with Crippen molar-refractivity contribution >= 4 is 22.9 Å². The third kappa shape index (κ3) is 3.26. The zero-order chi connectivity index (χ0) is 13.7. The summed E-state index contributed by atoms with van der Waals surface area (Å²) in [5.74, 6) is 0.273. The van der Waals surface area contributed by atoms with E-state index < -0.39 is 0 Å². The molecule has 19 heavy (non-hydrogen) atoms. The molecule has 3 N–H and O–H groups in total. The van der Waals surface area contributed by atoms with Gasteiger partial charge in [0.2, 0.25) is 0 Å². The molecule has 0 bridgehead atoms. The van der Waals surface area contributed by atoms with E-state index >= 15 is 0 Å². The van der Waals surface area contributed by atoms with Crippen molar-refractivity contribution in [3.8, 4) is 5.75 Å². The highest BCUT2D eigenvalue weighted by Gasteiger charge is 2.14. The van der Waals surface area contributed by atoms with Gasteiger partial charge in [-0.25, -0.2) is 0 Å². The predicted octanol–water partition coefficient (Wildman–Crippen LogP) is 2.66. The Hall–Kier alpha value is -2.01. The minimum absolute atomic E-state index is 0.179. The van der Waals surface area contributed by atoms with Crippen LogP contribution in [0.15, 0.2) is 35.0 Å². The van der Waals surface area contributed by atoms with Gasteiger partial charge in [0.25, 0.3) is 5.91 Å². The van der Waals surface area contributed by atoms with Gasteiger partial charge in [-0.3, -0.25) is 4.79 Å². The molecular formula is C14H16N2O2S. The minimum Gasteiger partial charge on any atom is -0.491 e. The van der Waals surface area contributed by atoms with Gasteiger partial charge in [0.05, 0.1) is 17.9 Å². The third-order valence-corrected chi connectivity index (χ3v) is 3.34. The van der Waals surface area contributed by atoms with Crippen molar-refractivity contribution in [2.24, 2.45) is 0 Å². The second-order valence-corrected chi connectivity index (χ2v) is 4.75. The Morgan fingerprint density at radius 1 is 1.42 bits per heavy atom. The lowest BCUT2D eigenvalue weighted by atomic mass is 10.1. The highest BCUT2D eigenvalue weighted by Crippen LogP contribution is 2.26. The van der Waals surface area contributed by atoms with Crippen LogP contribution in [0.4, 0.5) is 5.69 Å². The number of thiophene rings is 1. The molecule has 0 aliphatic heterocycles. The number of carbonyl (C=O) groups is 1. The van der Waals surface area contributed by atoms with Crippen molar-refractivity contribution in [1.29, 1.82) is 0 Å². The van der Waals surface area contributed by atoms with E-state index in [2.05, 4.69) is 5.32 Å². The zero-order valence-electron chi connectivity index (χ0n) is 10.7. The molecule has 0 saturated carbocycles. The summed E-state index contributed by atoms with van der Waals surface area (Å²) < 4.78 is 5.44. The van der Waals surface area contributed by atoms with Gasteiger partial charge in [0, 0.05) is 6.54 Å². The lowest BCUT2D eigenvalue weighted by Gasteiger charge is -2.12. The van der Waals surface area contributed by atoms with Crippen LogP contribution >= 0.6 is 11.3 Å². The lowest BCUT2D eigenvalue weighted by Crippen LogP contribution is -2.23. The number of para-hydroxylation sites is 1. The number of nitrogens with two attached hydrogens (primary N) is 1. The molecule has 1 aromatic heterocycles. The van der Waals surface area contributed by atoms with Crippen molar-refractivity contribution in [1.82, 2.24) is 5.32 Å². The SMILES string of the molecule is CCOc1c(N)cccc1C(=O)NCc1ccsc1. The number of hydrogen-bond acceptors (Lipinski definition) is 4. The van der Waals surface area contributed by atoms with Crippen LogP contribution in [0.1, 0.15) is 22.8 Å². The standard InChI is InChI=1S/C14H16N2O2S/c1-2-18-13-11(4-3-5-12(13)15)14(17)16-8-10-6-7-19-9-10/h3-7,9H,2,8,15H2,1H3,(H,16,17). The molecule has 0 unspecified atom stereocenters. The number of nitrogen functional groups attached to an aromatic ring is 1. The summed E-state index contributed by atoms with van der Waals surface area (Å²) in [4.78, 5) is 12.1. The first-order valence-electron chi connectivity index (χ1n) is 6.03. The number of anilines is 1. The molecule has 0 saturated heterocycles. The Morgan fingerprint density at radius 3 is 2.95 bits per heavy atom. The molecule has 100 valence electrons. The van der Waals surface area contributed by atoms with E-state index in [0.29, 0.717) is 30.2 Å². The molecule has 0 fully saturated rings. The molecule has 5 heteroatoms. The van der Waals surface area contributed by atoms with Crippen molar-refractivity contribution < 1.29 is 9.53 Å². The third-order valence-electron chi connectivity index (χ3n) is 2.61. The molecular weight excluding hydrogens is 260 g/mol. The van der Waals surface area contributed by atoms with Gasteiger partial charge in [0.1, 0.15) is 0 Å². The smallest absolute Gasteiger partial charge is 0.255 e. The molecule has 0 spiro atoms. The van der Waals surface area contributed by atoms with Crippen molar-refractivity contribution in [3.63, 3.8) is 0 Å². The van der Waals surface area contributed by atoms with E-state index in [-0.39, 0.29) is 5.91 Å². The van der Waals surface area contributed by atoms with E-state index in [1.165, 1.54) is 0 Å². The zero-order valence-corrected chi connectivity index (χ0v) is 11.5. The second-order valence-electron chi connectivity index (χ2n) is 3.97. The van der Waals surface area contributed by atoms with E-state index in [0.717, 1.165) is 5.56 Å². The summed E-state index contributed by atoms with van der Waals surface area (Å²) in [6, 6.07) is 7.16. The summed E-state index contributed by atoms with van der Waals surface area (Å²) in [5, 5.41) is 6.84. The molecule has 2 aromatic rings. The number of rotatable bonds is 5. The first-order valence-corrected chi connectivity index (χ1v) is 6.97. The minimum atomic E-state index is -0.179.